The van der Waals surface area contributed by atoms with Gasteiger partial charge in [-0.15, -0.1) is 0 Å². The molecule has 0 spiro atoms. The van der Waals surface area contributed by atoms with Gasteiger partial charge in [-0.25, -0.2) is 14.8 Å². The van der Waals surface area contributed by atoms with Crippen LogP contribution in [0.2, 0.25) is 0 Å². The summed E-state index contributed by atoms with van der Waals surface area (Å²) >= 11 is 0. The Bertz CT molecular complexity index is 1490. The molecule has 11 nitrogen and oxygen atoms in total. The van der Waals surface area contributed by atoms with Gasteiger partial charge in [-0.05, 0) is 63.2 Å². The number of aromatic nitrogens is 5. The summed E-state index contributed by atoms with van der Waals surface area (Å²) in [5.41, 5.74) is 4.93. The van der Waals surface area contributed by atoms with Gasteiger partial charge in [0.25, 0.3) is 0 Å². The zero-order valence-corrected chi connectivity index (χ0v) is 23.5. The van der Waals surface area contributed by atoms with Gasteiger partial charge in [0.05, 0.1) is 24.9 Å². The molecule has 11 heteroatoms. The number of anilines is 3. The van der Waals surface area contributed by atoms with Crippen molar-refractivity contribution in [1.29, 1.82) is 0 Å². The van der Waals surface area contributed by atoms with Crippen molar-refractivity contribution in [2.45, 2.75) is 32.4 Å². The zero-order valence-electron chi connectivity index (χ0n) is 23.5. The lowest BCUT2D eigenvalue weighted by Gasteiger charge is -2.36. The predicted molar refractivity (Wildman–Crippen MR) is 156 cm³/mol. The highest BCUT2D eigenvalue weighted by atomic mass is 16.6. The summed E-state index contributed by atoms with van der Waals surface area (Å²) in [5.74, 6) is 0.498. The third kappa shape index (κ3) is 6.14. The van der Waals surface area contributed by atoms with Crippen molar-refractivity contribution in [2.24, 2.45) is 0 Å². The van der Waals surface area contributed by atoms with Crippen LogP contribution in [0.15, 0.2) is 67.3 Å². The number of nitrogens with zero attached hydrogens (tertiary/aromatic N) is 7. The molecular weight excluding hydrogens is 520 g/mol. The lowest BCUT2D eigenvalue weighted by molar-refractivity contribution is -0.0285. The quantitative estimate of drug-likeness (QED) is 0.360. The Morgan fingerprint density at radius 2 is 1.80 bits per heavy atom. The van der Waals surface area contributed by atoms with Crippen LogP contribution in [-0.4, -0.2) is 80.7 Å². The van der Waals surface area contributed by atoms with Crippen LogP contribution in [0.25, 0.3) is 22.5 Å². The molecule has 2 saturated heterocycles. The molecule has 5 heterocycles. The van der Waals surface area contributed by atoms with E-state index in [-0.39, 0.29) is 12.1 Å². The first-order valence-electron chi connectivity index (χ1n) is 13.8. The highest BCUT2D eigenvalue weighted by Crippen LogP contribution is 2.32. The Balaban J connectivity index is 1.14. The van der Waals surface area contributed by atoms with Crippen molar-refractivity contribution in [3.8, 4) is 22.5 Å². The summed E-state index contributed by atoms with van der Waals surface area (Å²) in [7, 11) is 0. The van der Waals surface area contributed by atoms with Crippen LogP contribution in [0, 0.1) is 0 Å². The zero-order chi connectivity index (χ0) is 28.4. The molecular formula is C30H34N8O3. The van der Waals surface area contributed by atoms with E-state index in [4.69, 9.17) is 19.6 Å². The molecule has 1 N–H and O–H groups in total. The van der Waals surface area contributed by atoms with Gasteiger partial charge in [0, 0.05) is 73.5 Å². The molecule has 0 atom stereocenters. The molecule has 2 aliphatic rings. The fourth-order valence-corrected chi connectivity index (χ4v) is 4.79. The largest absolute Gasteiger partial charge is 0.444 e. The second kappa shape index (κ2) is 11.2. The van der Waals surface area contributed by atoms with Crippen molar-refractivity contribution in [3.05, 3.63) is 67.3 Å². The maximum atomic E-state index is 12.4. The summed E-state index contributed by atoms with van der Waals surface area (Å²) in [5, 5.41) is 8.19. The number of rotatable bonds is 6. The number of pyridine rings is 1. The Morgan fingerprint density at radius 3 is 2.46 bits per heavy atom. The fraction of sp³-hybridized carbons (Fsp3) is 0.367. The van der Waals surface area contributed by atoms with Crippen molar-refractivity contribution in [2.75, 3.05) is 49.6 Å². The standard InChI is InChI=1S/C30H34N8O3/c1-30(2,3)41-29(39)37-15-13-36(14-16-37)23-8-6-22(7-9-23)33-28-32-12-10-26(34-28)25-18-38(24-19-40-20-24)35-27(25)21-5-4-11-31-17-21/h4-12,17-18,24H,13-16,19-20H2,1-3H3,(H,32,33,34). The molecule has 41 heavy (non-hydrogen) atoms. The predicted octanol–water partition coefficient (Wildman–Crippen LogP) is 4.77. The summed E-state index contributed by atoms with van der Waals surface area (Å²) in [6.07, 6.45) is 7.09. The van der Waals surface area contributed by atoms with E-state index >= 15 is 0 Å². The van der Waals surface area contributed by atoms with Gasteiger partial charge < -0.3 is 24.6 Å². The van der Waals surface area contributed by atoms with Crippen LogP contribution in [0.5, 0.6) is 0 Å². The van der Waals surface area contributed by atoms with Gasteiger partial charge in [0.1, 0.15) is 11.3 Å². The average molecular weight is 555 g/mol. The lowest BCUT2D eigenvalue weighted by Crippen LogP contribution is -2.50. The number of hydrogen-bond donors (Lipinski definition) is 1. The third-order valence-electron chi connectivity index (χ3n) is 7.01. The van der Waals surface area contributed by atoms with Crippen LogP contribution in [0.1, 0.15) is 26.8 Å². The number of carbonyl (C=O) groups excluding carboxylic acids is 1. The Morgan fingerprint density at radius 1 is 1.02 bits per heavy atom. The monoisotopic (exact) mass is 554 g/mol. The SMILES string of the molecule is CC(C)(C)OC(=O)N1CCN(c2ccc(Nc3nccc(-c4cn(C5COC5)nc4-c4cccnc4)n3)cc2)CC1. The van der Waals surface area contributed by atoms with E-state index in [1.165, 1.54) is 0 Å². The summed E-state index contributed by atoms with van der Waals surface area (Å²) in [4.78, 5) is 30.0. The molecule has 1 amide bonds. The molecule has 4 aromatic rings. The first-order valence-corrected chi connectivity index (χ1v) is 13.8. The number of benzene rings is 1. The highest BCUT2D eigenvalue weighted by molar-refractivity contribution is 5.78. The summed E-state index contributed by atoms with van der Waals surface area (Å²) in [6, 6.07) is 14.2. The van der Waals surface area contributed by atoms with E-state index < -0.39 is 5.60 Å². The molecule has 0 bridgehead atoms. The summed E-state index contributed by atoms with van der Waals surface area (Å²) < 4.78 is 12.9. The first-order chi connectivity index (χ1) is 19.8. The van der Waals surface area contributed by atoms with Crippen LogP contribution in [0.4, 0.5) is 22.1 Å². The molecule has 3 aromatic heterocycles. The Hall–Kier alpha value is -4.51. The Labute approximate surface area is 239 Å². The maximum absolute atomic E-state index is 12.4. The van der Waals surface area contributed by atoms with Crippen molar-refractivity contribution < 1.29 is 14.3 Å². The van der Waals surface area contributed by atoms with E-state index in [9.17, 15) is 4.79 Å². The summed E-state index contributed by atoms with van der Waals surface area (Å²) in [6.45, 7) is 9.71. The smallest absolute Gasteiger partial charge is 0.410 e. The van der Waals surface area contributed by atoms with Crippen LogP contribution < -0.4 is 10.2 Å². The molecule has 6 rings (SSSR count). The Kier molecular flexibility index (Phi) is 7.27. The maximum Gasteiger partial charge on any atom is 0.410 e. The molecule has 0 radical (unpaired) electrons. The molecule has 1 aromatic carbocycles. The van der Waals surface area contributed by atoms with Crippen LogP contribution >= 0.6 is 0 Å². The van der Waals surface area contributed by atoms with Gasteiger partial charge in [-0.3, -0.25) is 9.67 Å². The van der Waals surface area contributed by atoms with Crippen molar-refractivity contribution in [3.63, 3.8) is 0 Å². The molecule has 2 aliphatic heterocycles. The number of ether oxygens (including phenoxy) is 2. The second-order valence-electron chi connectivity index (χ2n) is 11.2. The average Bonchev–Trinajstić information content (AvgIpc) is 3.37. The van der Waals surface area contributed by atoms with E-state index in [2.05, 4.69) is 32.3 Å². The van der Waals surface area contributed by atoms with E-state index in [1.807, 2.05) is 68.2 Å². The van der Waals surface area contributed by atoms with E-state index in [1.54, 1.807) is 17.3 Å². The van der Waals surface area contributed by atoms with Gasteiger partial charge in [0.15, 0.2) is 0 Å². The highest BCUT2D eigenvalue weighted by Gasteiger charge is 2.26. The lowest BCUT2D eigenvalue weighted by atomic mass is 10.1. The number of carbonyl (C=O) groups is 1. The van der Waals surface area contributed by atoms with Crippen molar-refractivity contribution in [1.82, 2.24) is 29.6 Å². The number of piperazine rings is 1. The van der Waals surface area contributed by atoms with Gasteiger partial charge >= 0.3 is 6.09 Å². The van der Waals surface area contributed by atoms with Gasteiger partial charge in [-0.2, -0.15) is 5.10 Å². The van der Waals surface area contributed by atoms with Crippen LogP contribution in [0.3, 0.4) is 0 Å². The normalized spacial score (nSPS) is 15.9. The number of amides is 1. The fourth-order valence-electron chi connectivity index (χ4n) is 4.79. The van der Waals surface area contributed by atoms with Gasteiger partial charge in [-0.1, -0.05) is 0 Å². The first kappa shape index (κ1) is 26.7. The van der Waals surface area contributed by atoms with Crippen molar-refractivity contribution >= 4 is 23.4 Å². The van der Waals surface area contributed by atoms with E-state index in [0.717, 1.165) is 47.0 Å². The topological polar surface area (TPSA) is 111 Å². The van der Waals surface area contributed by atoms with E-state index in [0.29, 0.717) is 32.3 Å². The minimum atomic E-state index is -0.491. The molecule has 0 aliphatic carbocycles. The minimum Gasteiger partial charge on any atom is -0.444 e. The number of hydrogen-bond acceptors (Lipinski definition) is 9. The number of nitrogens with one attached hydrogen (secondary N) is 1. The second-order valence-corrected chi connectivity index (χ2v) is 11.2. The minimum absolute atomic E-state index is 0.220. The van der Waals surface area contributed by atoms with Gasteiger partial charge in [0.2, 0.25) is 5.95 Å². The van der Waals surface area contributed by atoms with Crippen LogP contribution in [-0.2, 0) is 9.47 Å². The molecule has 0 saturated carbocycles. The molecule has 2 fully saturated rings. The third-order valence-corrected chi connectivity index (χ3v) is 7.01. The molecule has 212 valence electrons. The molecule has 0 unspecified atom stereocenters.